The lowest BCUT2D eigenvalue weighted by Crippen LogP contribution is -2.10. The number of hydrogen-bond donors (Lipinski definition) is 2. The third-order valence-electron chi connectivity index (χ3n) is 1.52. The molecular weight excluding hydrogens is 174 g/mol. The van der Waals surface area contributed by atoms with Gasteiger partial charge in [-0.15, -0.1) is 0 Å². The molecule has 1 unspecified atom stereocenters. The van der Waals surface area contributed by atoms with Gasteiger partial charge in [-0.1, -0.05) is 0 Å². The molecule has 0 saturated heterocycles. The van der Waals surface area contributed by atoms with E-state index in [0.29, 0.717) is 0 Å². The first-order valence-electron chi connectivity index (χ1n) is 3.40. The summed E-state index contributed by atoms with van der Waals surface area (Å²) < 4.78 is 3.96. The van der Waals surface area contributed by atoms with Gasteiger partial charge < -0.3 is 5.73 Å². The van der Waals surface area contributed by atoms with Gasteiger partial charge in [0.05, 0.1) is 12.2 Å². The van der Waals surface area contributed by atoms with E-state index in [1.807, 2.05) is 6.07 Å². The SMILES string of the molecule is NC(c1cn[nH]n1)c1ccns1. The summed E-state index contributed by atoms with van der Waals surface area (Å²) in [7, 11) is 0. The van der Waals surface area contributed by atoms with Crippen LogP contribution in [0.4, 0.5) is 0 Å². The molecule has 0 aliphatic rings. The normalized spacial score (nSPS) is 13.1. The molecule has 62 valence electrons. The Morgan fingerprint density at radius 1 is 1.58 bits per heavy atom. The van der Waals surface area contributed by atoms with Crippen LogP contribution >= 0.6 is 11.5 Å². The van der Waals surface area contributed by atoms with E-state index in [9.17, 15) is 0 Å². The zero-order chi connectivity index (χ0) is 8.39. The number of aromatic nitrogens is 4. The van der Waals surface area contributed by atoms with Crippen molar-refractivity contribution in [2.45, 2.75) is 6.04 Å². The quantitative estimate of drug-likeness (QED) is 0.698. The zero-order valence-electron chi connectivity index (χ0n) is 6.14. The maximum absolute atomic E-state index is 5.85. The summed E-state index contributed by atoms with van der Waals surface area (Å²) in [4.78, 5) is 0.990. The van der Waals surface area contributed by atoms with Crippen molar-refractivity contribution < 1.29 is 0 Å². The second-order valence-corrected chi connectivity index (χ2v) is 3.15. The minimum absolute atomic E-state index is 0.212. The number of nitrogens with one attached hydrogen (secondary N) is 1. The Kier molecular flexibility index (Phi) is 1.84. The largest absolute Gasteiger partial charge is 0.318 e. The third kappa shape index (κ3) is 1.21. The van der Waals surface area contributed by atoms with E-state index in [4.69, 9.17) is 5.73 Å². The minimum Gasteiger partial charge on any atom is -0.318 e. The summed E-state index contributed by atoms with van der Waals surface area (Å²) >= 11 is 1.37. The van der Waals surface area contributed by atoms with Crippen molar-refractivity contribution in [1.29, 1.82) is 0 Å². The Labute approximate surface area is 72.8 Å². The number of nitrogens with zero attached hydrogens (tertiary/aromatic N) is 3. The fourth-order valence-electron chi connectivity index (χ4n) is 0.892. The molecule has 5 nitrogen and oxygen atoms in total. The van der Waals surface area contributed by atoms with Gasteiger partial charge in [-0.05, 0) is 17.6 Å². The minimum atomic E-state index is -0.212. The van der Waals surface area contributed by atoms with Crippen molar-refractivity contribution in [3.05, 3.63) is 29.0 Å². The van der Waals surface area contributed by atoms with Crippen molar-refractivity contribution in [3.63, 3.8) is 0 Å². The Balaban J connectivity index is 2.27. The second kappa shape index (κ2) is 3.00. The van der Waals surface area contributed by atoms with Gasteiger partial charge in [0.25, 0.3) is 0 Å². The van der Waals surface area contributed by atoms with E-state index in [1.54, 1.807) is 12.4 Å². The zero-order valence-corrected chi connectivity index (χ0v) is 6.95. The number of nitrogens with two attached hydrogens (primary N) is 1. The molecule has 0 saturated carbocycles. The molecular formula is C6H7N5S. The molecule has 0 radical (unpaired) electrons. The van der Waals surface area contributed by atoms with Gasteiger partial charge >= 0.3 is 0 Å². The standard InChI is InChI=1S/C6H7N5S/c7-6(4-3-8-11-10-4)5-1-2-9-12-5/h1-3,6H,7H2,(H,8,10,11). The molecule has 12 heavy (non-hydrogen) atoms. The van der Waals surface area contributed by atoms with Gasteiger partial charge in [0, 0.05) is 11.1 Å². The van der Waals surface area contributed by atoms with Gasteiger partial charge in [-0.3, -0.25) is 0 Å². The van der Waals surface area contributed by atoms with Crippen LogP contribution in [0.25, 0.3) is 0 Å². The Bertz CT molecular complexity index is 292. The Morgan fingerprint density at radius 3 is 3.08 bits per heavy atom. The van der Waals surface area contributed by atoms with Crippen LogP contribution < -0.4 is 5.73 Å². The van der Waals surface area contributed by atoms with Crippen LogP contribution in [0.2, 0.25) is 0 Å². The smallest absolute Gasteiger partial charge is 0.105 e. The molecule has 2 rings (SSSR count). The van der Waals surface area contributed by atoms with Crippen molar-refractivity contribution in [2.24, 2.45) is 5.73 Å². The highest BCUT2D eigenvalue weighted by Crippen LogP contribution is 2.18. The van der Waals surface area contributed by atoms with Gasteiger partial charge in [-0.2, -0.15) is 15.4 Å². The molecule has 0 fully saturated rings. The third-order valence-corrected chi connectivity index (χ3v) is 2.34. The average molecular weight is 181 g/mol. The number of hydrogen-bond acceptors (Lipinski definition) is 5. The van der Waals surface area contributed by atoms with Crippen LogP contribution in [0.15, 0.2) is 18.5 Å². The van der Waals surface area contributed by atoms with E-state index in [-0.39, 0.29) is 6.04 Å². The maximum atomic E-state index is 5.85. The summed E-state index contributed by atoms with van der Waals surface area (Å²) in [5.74, 6) is 0. The van der Waals surface area contributed by atoms with Crippen LogP contribution in [0.3, 0.4) is 0 Å². The molecule has 0 amide bonds. The second-order valence-electron chi connectivity index (χ2n) is 2.29. The molecule has 0 aliphatic carbocycles. The van der Waals surface area contributed by atoms with E-state index in [2.05, 4.69) is 19.8 Å². The summed E-state index contributed by atoms with van der Waals surface area (Å²) in [6.07, 6.45) is 3.34. The Morgan fingerprint density at radius 2 is 2.50 bits per heavy atom. The average Bonchev–Trinajstić information content (AvgIpc) is 2.77. The van der Waals surface area contributed by atoms with Gasteiger partial charge in [0.2, 0.25) is 0 Å². The lowest BCUT2D eigenvalue weighted by atomic mass is 10.2. The van der Waals surface area contributed by atoms with Crippen molar-refractivity contribution >= 4 is 11.5 Å². The number of aromatic amines is 1. The summed E-state index contributed by atoms with van der Waals surface area (Å²) in [6, 6.07) is 1.67. The summed E-state index contributed by atoms with van der Waals surface area (Å²) in [6.45, 7) is 0. The molecule has 3 N–H and O–H groups in total. The van der Waals surface area contributed by atoms with Crippen molar-refractivity contribution in [3.8, 4) is 0 Å². The van der Waals surface area contributed by atoms with E-state index < -0.39 is 0 Å². The summed E-state index contributed by atoms with van der Waals surface area (Å²) in [5.41, 5.74) is 6.59. The highest BCUT2D eigenvalue weighted by Gasteiger charge is 2.12. The predicted molar refractivity (Wildman–Crippen MR) is 44.5 cm³/mol. The molecule has 2 heterocycles. The number of H-pyrrole nitrogens is 1. The van der Waals surface area contributed by atoms with E-state index in [0.717, 1.165) is 10.6 Å². The molecule has 0 aromatic carbocycles. The molecule has 2 aromatic rings. The predicted octanol–water partition coefficient (Wildman–Crippen LogP) is 0.309. The van der Waals surface area contributed by atoms with Crippen LogP contribution in [-0.4, -0.2) is 19.8 Å². The Hall–Kier alpha value is -1.27. The fraction of sp³-hybridized carbons (Fsp3) is 0.167. The molecule has 0 spiro atoms. The van der Waals surface area contributed by atoms with Crippen LogP contribution in [0, 0.1) is 0 Å². The lowest BCUT2D eigenvalue weighted by molar-refractivity contribution is 0.823. The van der Waals surface area contributed by atoms with E-state index in [1.165, 1.54) is 11.5 Å². The first-order chi connectivity index (χ1) is 5.88. The molecule has 1 atom stereocenters. The first kappa shape index (κ1) is 7.38. The fourth-order valence-corrected chi connectivity index (χ4v) is 1.49. The number of rotatable bonds is 2. The molecule has 0 bridgehead atoms. The first-order valence-corrected chi connectivity index (χ1v) is 4.17. The topological polar surface area (TPSA) is 80.5 Å². The van der Waals surface area contributed by atoms with Crippen molar-refractivity contribution in [2.75, 3.05) is 0 Å². The highest BCUT2D eigenvalue weighted by molar-refractivity contribution is 7.05. The van der Waals surface area contributed by atoms with E-state index >= 15 is 0 Å². The van der Waals surface area contributed by atoms with Crippen LogP contribution in [-0.2, 0) is 0 Å². The lowest BCUT2D eigenvalue weighted by Gasteiger charge is -2.02. The molecule has 0 aliphatic heterocycles. The van der Waals surface area contributed by atoms with Crippen LogP contribution in [0.1, 0.15) is 16.6 Å². The summed E-state index contributed by atoms with van der Waals surface area (Å²) in [5, 5.41) is 10.1. The maximum Gasteiger partial charge on any atom is 0.105 e. The molecule has 2 aromatic heterocycles. The van der Waals surface area contributed by atoms with Crippen LogP contribution in [0.5, 0.6) is 0 Å². The van der Waals surface area contributed by atoms with Gasteiger partial charge in [0.1, 0.15) is 5.69 Å². The van der Waals surface area contributed by atoms with Crippen molar-refractivity contribution in [1.82, 2.24) is 19.8 Å². The monoisotopic (exact) mass is 181 g/mol. The highest BCUT2D eigenvalue weighted by atomic mass is 32.1. The van der Waals surface area contributed by atoms with Gasteiger partial charge in [0.15, 0.2) is 0 Å². The molecule has 6 heteroatoms. The van der Waals surface area contributed by atoms with Gasteiger partial charge in [-0.25, -0.2) is 4.37 Å².